The summed E-state index contributed by atoms with van der Waals surface area (Å²) in [6.45, 7) is 1.65. The fourth-order valence-corrected chi connectivity index (χ4v) is 3.87. The smallest absolute Gasteiger partial charge is 0.263 e. The third kappa shape index (κ3) is 3.58. The van der Waals surface area contributed by atoms with Crippen molar-refractivity contribution in [3.05, 3.63) is 99.0 Å². The van der Waals surface area contributed by atoms with Gasteiger partial charge in [0.25, 0.3) is 17.7 Å². The third-order valence-corrected chi connectivity index (χ3v) is 5.43. The number of nitrogens with zero attached hydrogens (tertiary/aromatic N) is 2. The molecule has 7 heteroatoms. The molecule has 5 nitrogen and oxygen atoms in total. The Kier molecular flexibility index (Phi) is 5.33. The Hall–Kier alpha value is -3.15. The summed E-state index contributed by atoms with van der Waals surface area (Å²) in [7, 11) is 0. The molecule has 3 aromatic rings. The number of halogens is 2. The number of hydrogen-bond donors (Lipinski definition) is 0. The highest BCUT2D eigenvalue weighted by Crippen LogP contribution is 2.28. The number of fused-ring (bicyclic) bond motifs is 1. The normalized spacial score (nSPS) is 12.8. The van der Waals surface area contributed by atoms with Gasteiger partial charge in [-0.25, -0.2) is 0 Å². The highest BCUT2D eigenvalue weighted by atomic mass is 35.5. The van der Waals surface area contributed by atoms with Crippen LogP contribution in [0.3, 0.4) is 0 Å². The molecule has 0 saturated heterocycles. The second kappa shape index (κ2) is 7.94. The molecular formula is C23H16Cl2N2O3. The fraction of sp³-hybridized carbons (Fsp3) is 0.0870. The van der Waals surface area contributed by atoms with Crippen molar-refractivity contribution in [1.82, 2.24) is 4.90 Å². The van der Waals surface area contributed by atoms with Crippen molar-refractivity contribution in [3.8, 4) is 0 Å². The van der Waals surface area contributed by atoms with Crippen LogP contribution in [0.5, 0.6) is 0 Å². The van der Waals surface area contributed by atoms with Crippen molar-refractivity contribution in [2.75, 3.05) is 11.6 Å². The summed E-state index contributed by atoms with van der Waals surface area (Å²) in [5.41, 5.74) is 2.34. The lowest BCUT2D eigenvalue weighted by Crippen LogP contribution is -2.44. The van der Waals surface area contributed by atoms with Gasteiger partial charge in [0.1, 0.15) is 6.67 Å². The molecule has 30 heavy (non-hydrogen) atoms. The third-order valence-electron chi connectivity index (χ3n) is 4.88. The second-order valence-corrected chi connectivity index (χ2v) is 7.77. The zero-order chi connectivity index (χ0) is 21.4. The number of benzene rings is 3. The Morgan fingerprint density at radius 3 is 2.17 bits per heavy atom. The van der Waals surface area contributed by atoms with Gasteiger partial charge >= 0.3 is 0 Å². The Labute approximate surface area is 183 Å². The van der Waals surface area contributed by atoms with Gasteiger partial charge in [0.05, 0.1) is 21.7 Å². The van der Waals surface area contributed by atoms with E-state index in [1.165, 1.54) is 17.0 Å². The molecule has 0 radical (unpaired) electrons. The van der Waals surface area contributed by atoms with E-state index < -0.39 is 17.7 Å². The molecule has 1 aliphatic rings. The first-order valence-electron chi connectivity index (χ1n) is 9.15. The van der Waals surface area contributed by atoms with Gasteiger partial charge in [-0.15, -0.1) is 0 Å². The number of carbonyl (C=O) groups excluding carboxylic acids is 3. The van der Waals surface area contributed by atoms with E-state index in [9.17, 15) is 14.4 Å². The average molecular weight is 439 g/mol. The molecule has 3 aromatic carbocycles. The number of amides is 3. The molecule has 1 aliphatic heterocycles. The van der Waals surface area contributed by atoms with Crippen LogP contribution in [-0.4, -0.2) is 29.3 Å². The van der Waals surface area contributed by atoms with Crippen LogP contribution in [0.25, 0.3) is 0 Å². The van der Waals surface area contributed by atoms with E-state index in [0.29, 0.717) is 21.8 Å². The number of imide groups is 1. The van der Waals surface area contributed by atoms with E-state index in [1.54, 1.807) is 48.5 Å². The van der Waals surface area contributed by atoms with Gasteiger partial charge in [-0.2, -0.15) is 0 Å². The van der Waals surface area contributed by atoms with Gasteiger partial charge in [-0.1, -0.05) is 47.5 Å². The molecule has 0 fully saturated rings. The zero-order valence-corrected chi connectivity index (χ0v) is 17.4. The van der Waals surface area contributed by atoms with Gasteiger partial charge in [0, 0.05) is 10.7 Å². The van der Waals surface area contributed by atoms with Crippen LogP contribution in [0.2, 0.25) is 10.0 Å². The summed E-state index contributed by atoms with van der Waals surface area (Å²) < 4.78 is 0. The Bertz CT molecular complexity index is 1160. The predicted octanol–water partition coefficient (Wildman–Crippen LogP) is 5.20. The number of anilines is 1. The summed E-state index contributed by atoms with van der Waals surface area (Å²) in [6.07, 6.45) is 0. The van der Waals surface area contributed by atoms with Crippen LogP contribution in [0, 0.1) is 6.92 Å². The lowest BCUT2D eigenvalue weighted by molar-refractivity contribution is 0.0650. The van der Waals surface area contributed by atoms with Gasteiger partial charge in [0.2, 0.25) is 0 Å². The number of hydrogen-bond acceptors (Lipinski definition) is 3. The van der Waals surface area contributed by atoms with E-state index in [0.717, 1.165) is 10.5 Å². The molecule has 4 rings (SSSR count). The predicted molar refractivity (Wildman–Crippen MR) is 116 cm³/mol. The van der Waals surface area contributed by atoms with Gasteiger partial charge in [-0.3, -0.25) is 24.2 Å². The Morgan fingerprint density at radius 2 is 1.57 bits per heavy atom. The first kappa shape index (κ1) is 20.1. The maximum Gasteiger partial charge on any atom is 0.263 e. The lowest BCUT2D eigenvalue weighted by Gasteiger charge is -2.27. The number of rotatable bonds is 4. The van der Waals surface area contributed by atoms with Gasteiger partial charge in [-0.05, 0) is 55.0 Å². The number of carbonyl (C=O) groups is 3. The van der Waals surface area contributed by atoms with E-state index >= 15 is 0 Å². The largest absolute Gasteiger partial charge is 0.289 e. The standard InChI is InChI=1S/C23H16Cl2N2O3/c1-14-5-4-6-16(11-14)26(23(30)19-10-9-15(24)12-20(19)25)13-27-21(28)17-7-2-3-8-18(17)22(27)29/h2-12H,13H2,1H3. The van der Waals surface area contributed by atoms with Crippen molar-refractivity contribution in [2.24, 2.45) is 0 Å². The van der Waals surface area contributed by atoms with Crippen molar-refractivity contribution in [1.29, 1.82) is 0 Å². The second-order valence-electron chi connectivity index (χ2n) is 6.92. The average Bonchev–Trinajstić information content (AvgIpc) is 2.96. The molecule has 0 saturated carbocycles. The minimum Gasteiger partial charge on any atom is -0.289 e. The molecule has 0 unspecified atom stereocenters. The summed E-state index contributed by atoms with van der Waals surface area (Å²) in [4.78, 5) is 41.5. The van der Waals surface area contributed by atoms with Crippen LogP contribution in [0.1, 0.15) is 36.6 Å². The minimum absolute atomic E-state index is 0.188. The Morgan fingerprint density at radius 1 is 0.900 bits per heavy atom. The van der Waals surface area contributed by atoms with Crippen LogP contribution in [0.4, 0.5) is 5.69 Å². The van der Waals surface area contributed by atoms with E-state index in [1.807, 2.05) is 13.0 Å². The summed E-state index contributed by atoms with van der Waals surface area (Å²) in [5, 5.41) is 0.589. The topological polar surface area (TPSA) is 57.7 Å². The molecular weight excluding hydrogens is 423 g/mol. The van der Waals surface area contributed by atoms with E-state index in [4.69, 9.17) is 23.2 Å². The quantitative estimate of drug-likeness (QED) is 0.525. The summed E-state index contributed by atoms with van der Waals surface area (Å²) in [6, 6.07) is 18.4. The minimum atomic E-state index is -0.446. The first-order chi connectivity index (χ1) is 14.4. The molecule has 150 valence electrons. The Balaban J connectivity index is 1.74. The highest BCUT2D eigenvalue weighted by molar-refractivity contribution is 6.37. The molecule has 0 atom stereocenters. The molecule has 0 aromatic heterocycles. The van der Waals surface area contributed by atoms with Crippen LogP contribution < -0.4 is 4.90 Å². The molecule has 0 aliphatic carbocycles. The lowest BCUT2D eigenvalue weighted by atomic mass is 10.1. The summed E-state index contributed by atoms with van der Waals surface area (Å²) >= 11 is 12.2. The SMILES string of the molecule is Cc1cccc(N(CN2C(=O)c3ccccc3C2=O)C(=O)c2ccc(Cl)cc2Cl)c1. The van der Waals surface area contributed by atoms with Crippen molar-refractivity contribution in [2.45, 2.75) is 6.92 Å². The van der Waals surface area contributed by atoms with E-state index in [2.05, 4.69) is 0 Å². The maximum absolute atomic E-state index is 13.4. The summed E-state index contributed by atoms with van der Waals surface area (Å²) in [5.74, 6) is -1.33. The van der Waals surface area contributed by atoms with Crippen molar-refractivity contribution >= 4 is 46.6 Å². The molecule has 0 N–H and O–H groups in total. The molecule has 0 spiro atoms. The van der Waals surface area contributed by atoms with Crippen molar-refractivity contribution < 1.29 is 14.4 Å². The van der Waals surface area contributed by atoms with Crippen LogP contribution in [-0.2, 0) is 0 Å². The molecule has 0 bridgehead atoms. The van der Waals surface area contributed by atoms with Gasteiger partial charge in [0.15, 0.2) is 0 Å². The van der Waals surface area contributed by atoms with Crippen LogP contribution in [0.15, 0.2) is 66.7 Å². The zero-order valence-electron chi connectivity index (χ0n) is 15.9. The van der Waals surface area contributed by atoms with E-state index in [-0.39, 0.29) is 17.3 Å². The van der Waals surface area contributed by atoms with Gasteiger partial charge < -0.3 is 0 Å². The fourth-order valence-electron chi connectivity index (χ4n) is 3.38. The monoisotopic (exact) mass is 438 g/mol. The highest BCUT2D eigenvalue weighted by Gasteiger charge is 2.37. The number of aryl methyl sites for hydroxylation is 1. The first-order valence-corrected chi connectivity index (χ1v) is 9.91. The molecule has 1 heterocycles. The van der Waals surface area contributed by atoms with Crippen molar-refractivity contribution in [3.63, 3.8) is 0 Å². The molecule has 3 amide bonds. The maximum atomic E-state index is 13.4. The van der Waals surface area contributed by atoms with Crippen LogP contribution >= 0.6 is 23.2 Å².